The summed E-state index contributed by atoms with van der Waals surface area (Å²) in [6, 6.07) is 7.04. The number of rotatable bonds is 5. The highest BCUT2D eigenvalue weighted by Crippen LogP contribution is 2.40. The standard InChI is InChI=1S/C26H31ClF3N3O4/c1-15-21(20(27)13-14-33(15)36)16-7-11-19(12-8-16)31-23(34)22(32-24(35)37-25(2,3)4)17-5-9-18(10-6-17)26(28,29)30/h7-8,11-14,17-18,22H,5-6,9-10H2,1-4H3,(H,31,34)(H,32,35). The fourth-order valence-electron chi connectivity index (χ4n) is 4.51. The van der Waals surface area contributed by atoms with Crippen molar-refractivity contribution in [1.82, 2.24) is 5.32 Å². The number of hydrogen-bond donors (Lipinski definition) is 2. The van der Waals surface area contributed by atoms with Crippen LogP contribution in [0.5, 0.6) is 0 Å². The molecule has 0 aliphatic heterocycles. The molecule has 1 aliphatic rings. The zero-order valence-corrected chi connectivity index (χ0v) is 21.9. The molecule has 1 saturated carbocycles. The summed E-state index contributed by atoms with van der Waals surface area (Å²) in [5.74, 6) is -2.45. The highest BCUT2D eigenvalue weighted by molar-refractivity contribution is 6.33. The van der Waals surface area contributed by atoms with Crippen LogP contribution in [0.4, 0.5) is 23.7 Å². The van der Waals surface area contributed by atoms with Crippen molar-refractivity contribution in [3.63, 3.8) is 0 Å². The maximum absolute atomic E-state index is 13.2. The smallest absolute Gasteiger partial charge is 0.408 e. The van der Waals surface area contributed by atoms with Crippen LogP contribution in [0.15, 0.2) is 36.5 Å². The summed E-state index contributed by atoms with van der Waals surface area (Å²) in [6.07, 6.45) is -3.74. The molecule has 11 heteroatoms. The predicted octanol–water partition coefficient (Wildman–Crippen LogP) is 6.15. The van der Waals surface area contributed by atoms with Gasteiger partial charge in [0.2, 0.25) is 5.91 Å². The van der Waals surface area contributed by atoms with Gasteiger partial charge in [-0.25, -0.2) is 4.79 Å². The Bertz CT molecular complexity index is 1130. The number of nitrogens with zero attached hydrogens (tertiary/aromatic N) is 1. The van der Waals surface area contributed by atoms with Crippen molar-refractivity contribution in [3.05, 3.63) is 52.5 Å². The fraction of sp³-hybridized carbons (Fsp3) is 0.500. The van der Waals surface area contributed by atoms with E-state index in [0.29, 0.717) is 32.3 Å². The lowest BCUT2D eigenvalue weighted by molar-refractivity contribution is -0.611. The number of carbonyl (C=O) groups is 2. The summed E-state index contributed by atoms with van der Waals surface area (Å²) in [7, 11) is 0. The Labute approximate surface area is 218 Å². The van der Waals surface area contributed by atoms with Crippen LogP contribution in [0, 0.1) is 24.0 Å². The van der Waals surface area contributed by atoms with Gasteiger partial charge in [0.1, 0.15) is 11.6 Å². The summed E-state index contributed by atoms with van der Waals surface area (Å²) in [4.78, 5) is 25.7. The first-order valence-corrected chi connectivity index (χ1v) is 12.4. The van der Waals surface area contributed by atoms with E-state index in [0.717, 1.165) is 0 Å². The first kappa shape index (κ1) is 28.6. The average molecular weight is 542 g/mol. The van der Waals surface area contributed by atoms with Gasteiger partial charge in [-0.15, -0.1) is 0 Å². The quantitative estimate of drug-likeness (QED) is 0.351. The third-order valence-electron chi connectivity index (χ3n) is 6.39. The zero-order valence-electron chi connectivity index (χ0n) is 21.1. The minimum atomic E-state index is -4.28. The third-order valence-corrected chi connectivity index (χ3v) is 6.70. The van der Waals surface area contributed by atoms with E-state index < -0.39 is 41.7 Å². The van der Waals surface area contributed by atoms with Gasteiger partial charge < -0.3 is 20.6 Å². The lowest BCUT2D eigenvalue weighted by atomic mass is 9.78. The molecule has 7 nitrogen and oxygen atoms in total. The normalized spacial score (nSPS) is 19.1. The molecule has 1 aromatic carbocycles. The molecule has 2 aromatic rings. The molecule has 0 bridgehead atoms. The summed E-state index contributed by atoms with van der Waals surface area (Å²) >= 11 is 6.28. The van der Waals surface area contributed by atoms with Crippen LogP contribution in [-0.4, -0.2) is 29.8 Å². The van der Waals surface area contributed by atoms with Gasteiger partial charge >= 0.3 is 12.3 Å². The topological polar surface area (TPSA) is 94.4 Å². The van der Waals surface area contributed by atoms with Crippen LogP contribution < -0.4 is 15.4 Å². The zero-order chi connectivity index (χ0) is 27.5. The average Bonchev–Trinajstić information content (AvgIpc) is 2.79. The number of ether oxygens (including phenoxy) is 1. The van der Waals surface area contributed by atoms with Crippen molar-refractivity contribution in [1.29, 1.82) is 0 Å². The molecule has 0 spiro atoms. The van der Waals surface area contributed by atoms with E-state index in [9.17, 15) is 28.0 Å². The monoisotopic (exact) mass is 541 g/mol. The minimum Gasteiger partial charge on any atom is -0.618 e. The Hall–Kier alpha value is -3.01. The Morgan fingerprint density at radius 3 is 2.22 bits per heavy atom. The molecule has 202 valence electrons. The second-order valence-corrected chi connectivity index (χ2v) is 10.7. The minimum absolute atomic E-state index is 0.112. The predicted molar refractivity (Wildman–Crippen MR) is 134 cm³/mol. The number of alkyl carbamates (subject to hydrolysis) is 1. The van der Waals surface area contributed by atoms with E-state index >= 15 is 0 Å². The Morgan fingerprint density at radius 2 is 1.68 bits per heavy atom. The van der Waals surface area contributed by atoms with E-state index in [2.05, 4.69) is 10.6 Å². The highest BCUT2D eigenvalue weighted by atomic mass is 35.5. The van der Waals surface area contributed by atoms with Gasteiger partial charge in [-0.1, -0.05) is 23.7 Å². The summed E-state index contributed by atoms with van der Waals surface area (Å²) in [5, 5.41) is 17.7. The van der Waals surface area contributed by atoms with E-state index in [1.807, 2.05) is 0 Å². The molecule has 1 aliphatic carbocycles. The Balaban J connectivity index is 1.77. The van der Waals surface area contributed by atoms with Crippen LogP contribution in [0.3, 0.4) is 0 Å². The summed E-state index contributed by atoms with van der Waals surface area (Å²) < 4.78 is 45.4. The van der Waals surface area contributed by atoms with Crippen LogP contribution in [0.2, 0.25) is 5.02 Å². The summed E-state index contributed by atoms with van der Waals surface area (Å²) in [6.45, 7) is 6.66. The molecule has 1 fully saturated rings. The lowest BCUT2D eigenvalue weighted by Crippen LogP contribution is -2.51. The van der Waals surface area contributed by atoms with Gasteiger partial charge in [0.15, 0.2) is 11.9 Å². The molecule has 1 unspecified atom stereocenters. The van der Waals surface area contributed by atoms with E-state index in [4.69, 9.17) is 16.3 Å². The van der Waals surface area contributed by atoms with Gasteiger partial charge in [0, 0.05) is 18.7 Å². The molecule has 37 heavy (non-hydrogen) atoms. The Morgan fingerprint density at radius 1 is 1.08 bits per heavy atom. The molecular formula is C26H31ClF3N3O4. The molecule has 0 radical (unpaired) electrons. The molecule has 2 amide bonds. The number of nitrogens with one attached hydrogen (secondary N) is 2. The van der Waals surface area contributed by atoms with Crippen molar-refractivity contribution < 1.29 is 32.2 Å². The number of anilines is 1. The number of pyridine rings is 1. The molecule has 3 rings (SSSR count). The van der Waals surface area contributed by atoms with E-state index in [1.165, 1.54) is 12.3 Å². The number of hydrogen-bond acceptors (Lipinski definition) is 4. The van der Waals surface area contributed by atoms with Crippen molar-refractivity contribution in [2.75, 3.05) is 5.32 Å². The number of benzene rings is 1. The van der Waals surface area contributed by atoms with Gasteiger partial charge in [0.05, 0.1) is 16.5 Å². The summed E-state index contributed by atoms with van der Waals surface area (Å²) in [5.41, 5.74) is 1.24. The van der Waals surface area contributed by atoms with Crippen molar-refractivity contribution in [2.45, 2.75) is 71.2 Å². The van der Waals surface area contributed by atoms with Crippen LogP contribution in [0.25, 0.3) is 11.1 Å². The van der Waals surface area contributed by atoms with Gasteiger partial charge in [-0.05, 0) is 70.1 Å². The second kappa shape index (κ2) is 11.2. The first-order valence-electron chi connectivity index (χ1n) is 12.0. The Kier molecular flexibility index (Phi) is 8.62. The number of amides is 2. The van der Waals surface area contributed by atoms with Crippen LogP contribution in [-0.2, 0) is 9.53 Å². The molecule has 1 heterocycles. The number of alkyl halides is 3. The molecule has 0 saturated heterocycles. The van der Waals surface area contributed by atoms with Crippen molar-refractivity contribution in [3.8, 4) is 11.1 Å². The first-order chi connectivity index (χ1) is 17.2. The fourth-order valence-corrected chi connectivity index (χ4v) is 4.81. The van der Waals surface area contributed by atoms with E-state index in [1.54, 1.807) is 52.0 Å². The maximum Gasteiger partial charge on any atom is 0.408 e. The molecule has 2 N–H and O–H groups in total. The van der Waals surface area contributed by atoms with Gasteiger partial charge in [-0.2, -0.15) is 17.9 Å². The second-order valence-electron chi connectivity index (χ2n) is 10.3. The van der Waals surface area contributed by atoms with Crippen LogP contribution in [0.1, 0.15) is 52.1 Å². The van der Waals surface area contributed by atoms with Crippen LogP contribution >= 0.6 is 11.6 Å². The molecule has 1 aromatic heterocycles. The van der Waals surface area contributed by atoms with E-state index in [-0.39, 0.29) is 25.7 Å². The van der Waals surface area contributed by atoms with Gasteiger partial charge in [0.25, 0.3) is 0 Å². The SMILES string of the molecule is Cc1c(-c2ccc(NC(=O)C(NC(=O)OC(C)(C)C)C3CCC(C(F)(F)F)CC3)cc2)c(Cl)cc[n+]1[O-]. The highest BCUT2D eigenvalue weighted by Gasteiger charge is 2.44. The largest absolute Gasteiger partial charge is 0.618 e. The number of carbonyl (C=O) groups excluding carboxylic acids is 2. The van der Waals surface area contributed by atoms with Crippen molar-refractivity contribution in [2.24, 2.45) is 11.8 Å². The van der Waals surface area contributed by atoms with Gasteiger partial charge in [-0.3, -0.25) is 4.79 Å². The number of halogens is 4. The molecule has 1 atom stereocenters. The maximum atomic E-state index is 13.2. The van der Waals surface area contributed by atoms with Crippen molar-refractivity contribution >= 4 is 29.3 Å². The molecular weight excluding hydrogens is 511 g/mol. The lowest BCUT2D eigenvalue weighted by Gasteiger charge is -2.34. The number of aromatic nitrogens is 1. The third kappa shape index (κ3) is 7.50.